The second-order valence-corrected chi connectivity index (χ2v) is 4.10. The lowest BCUT2D eigenvalue weighted by molar-refractivity contribution is 0.735. The molecular weight excluding hydrogens is 212 g/mol. The fraction of sp³-hybridized carbons (Fsp3) is 0.214. The minimum atomic E-state index is 0.0148. The van der Waals surface area contributed by atoms with Gasteiger partial charge in [0.05, 0.1) is 5.52 Å². The van der Waals surface area contributed by atoms with Crippen LogP contribution in [0.15, 0.2) is 53.3 Å². The molecule has 0 aliphatic carbocycles. The van der Waals surface area contributed by atoms with Crippen LogP contribution in [0.5, 0.6) is 0 Å². The second kappa shape index (κ2) is 4.97. The molecule has 1 aromatic heterocycles. The summed E-state index contributed by atoms with van der Waals surface area (Å²) in [7, 11) is 1.87. The molecule has 88 valence electrons. The zero-order chi connectivity index (χ0) is 12.3. The number of rotatable bonds is 4. The average molecular weight is 228 g/mol. The molecule has 3 nitrogen and oxygen atoms in total. The van der Waals surface area contributed by atoms with Crippen molar-refractivity contribution in [1.29, 1.82) is 0 Å². The van der Waals surface area contributed by atoms with E-state index in [0.29, 0.717) is 6.54 Å². The van der Waals surface area contributed by atoms with E-state index < -0.39 is 0 Å². The predicted molar refractivity (Wildman–Crippen MR) is 71.3 cm³/mol. The number of likely N-dealkylation sites (N-methyl/N-ethyl adjacent to an activating group) is 1. The largest absolute Gasteiger partial charge is 0.316 e. The summed E-state index contributed by atoms with van der Waals surface area (Å²) in [6.45, 7) is 5.24. The quantitative estimate of drug-likeness (QED) is 0.809. The lowest BCUT2D eigenvalue weighted by atomic mass is 10.2. The van der Waals surface area contributed by atoms with Crippen LogP contribution in [0.2, 0.25) is 0 Å². The molecule has 1 aromatic carbocycles. The molecule has 17 heavy (non-hydrogen) atoms. The third-order valence-electron chi connectivity index (χ3n) is 2.71. The highest BCUT2D eigenvalue weighted by Gasteiger charge is 2.03. The Morgan fingerprint density at radius 1 is 1.29 bits per heavy atom. The predicted octanol–water partition coefficient (Wildman–Crippen LogP) is 1.78. The van der Waals surface area contributed by atoms with Crippen molar-refractivity contribution in [3.8, 4) is 0 Å². The van der Waals surface area contributed by atoms with Gasteiger partial charge in [0.2, 0.25) is 0 Å². The molecule has 0 saturated carbocycles. The van der Waals surface area contributed by atoms with Gasteiger partial charge in [-0.05, 0) is 30.1 Å². The Kier molecular flexibility index (Phi) is 3.40. The van der Waals surface area contributed by atoms with Crippen molar-refractivity contribution < 1.29 is 0 Å². The molecule has 2 aromatic rings. The molecule has 0 bridgehead atoms. The smallest absolute Gasteiger partial charge is 0.251 e. The highest BCUT2D eigenvalue weighted by molar-refractivity contribution is 5.78. The van der Waals surface area contributed by atoms with Crippen molar-refractivity contribution in [2.75, 3.05) is 13.6 Å². The molecule has 0 unspecified atom stereocenters. The zero-order valence-electron chi connectivity index (χ0n) is 9.94. The summed E-state index contributed by atoms with van der Waals surface area (Å²) in [6, 6.07) is 11.3. The van der Waals surface area contributed by atoms with Gasteiger partial charge in [-0.2, -0.15) is 0 Å². The van der Waals surface area contributed by atoms with Gasteiger partial charge >= 0.3 is 0 Å². The number of hydrogen-bond donors (Lipinski definition) is 1. The summed E-state index contributed by atoms with van der Waals surface area (Å²) < 4.78 is 1.76. The third-order valence-corrected chi connectivity index (χ3v) is 2.71. The summed E-state index contributed by atoms with van der Waals surface area (Å²) in [5, 5.41) is 4.11. The molecule has 2 rings (SSSR count). The number of para-hydroxylation sites is 1. The van der Waals surface area contributed by atoms with E-state index in [2.05, 4.69) is 11.9 Å². The number of fused-ring (bicyclic) bond motifs is 1. The highest BCUT2D eigenvalue weighted by atomic mass is 16.1. The molecule has 0 fully saturated rings. The molecule has 0 atom stereocenters. The van der Waals surface area contributed by atoms with Crippen molar-refractivity contribution in [3.63, 3.8) is 0 Å². The number of pyridine rings is 1. The van der Waals surface area contributed by atoms with Crippen LogP contribution in [-0.4, -0.2) is 18.2 Å². The lowest BCUT2D eigenvalue weighted by Crippen LogP contribution is -2.23. The van der Waals surface area contributed by atoms with E-state index in [4.69, 9.17) is 0 Å². The zero-order valence-corrected chi connectivity index (χ0v) is 9.94. The lowest BCUT2D eigenvalue weighted by Gasteiger charge is -2.11. The van der Waals surface area contributed by atoms with Crippen molar-refractivity contribution in [2.24, 2.45) is 0 Å². The van der Waals surface area contributed by atoms with Gasteiger partial charge in [0, 0.05) is 19.2 Å². The van der Waals surface area contributed by atoms with Crippen LogP contribution < -0.4 is 10.9 Å². The molecule has 1 N–H and O–H groups in total. The Hall–Kier alpha value is -1.87. The number of nitrogens with zero attached hydrogens (tertiary/aromatic N) is 1. The molecule has 0 radical (unpaired) electrons. The van der Waals surface area contributed by atoms with Crippen LogP contribution in [0.3, 0.4) is 0 Å². The van der Waals surface area contributed by atoms with E-state index in [1.807, 2.05) is 37.4 Å². The summed E-state index contributed by atoms with van der Waals surface area (Å²) in [6.07, 6.45) is 0. The molecule has 0 aliphatic heterocycles. The maximum Gasteiger partial charge on any atom is 0.251 e. The first kappa shape index (κ1) is 11.6. The minimum Gasteiger partial charge on any atom is -0.316 e. The van der Waals surface area contributed by atoms with Gasteiger partial charge in [-0.1, -0.05) is 24.8 Å². The van der Waals surface area contributed by atoms with E-state index in [0.717, 1.165) is 23.0 Å². The van der Waals surface area contributed by atoms with E-state index in [9.17, 15) is 4.79 Å². The molecule has 0 spiro atoms. The third kappa shape index (κ3) is 2.45. The first-order valence-electron chi connectivity index (χ1n) is 5.62. The van der Waals surface area contributed by atoms with E-state index in [1.54, 1.807) is 10.6 Å². The maximum atomic E-state index is 11.9. The van der Waals surface area contributed by atoms with Gasteiger partial charge in [-0.15, -0.1) is 0 Å². The van der Waals surface area contributed by atoms with E-state index in [-0.39, 0.29) is 5.56 Å². The average Bonchev–Trinajstić information content (AvgIpc) is 2.33. The standard InChI is InChI=1S/C14H16N2O/c1-11(9-15-2)10-16-13-6-4-3-5-12(13)7-8-14(16)17/h3-8,15H,1,9-10H2,2H3. The van der Waals surface area contributed by atoms with Crippen molar-refractivity contribution >= 4 is 10.9 Å². The first-order chi connectivity index (χ1) is 8.22. The topological polar surface area (TPSA) is 34.0 Å². The molecule has 0 aliphatic rings. The molecule has 3 heteroatoms. The number of hydrogen-bond acceptors (Lipinski definition) is 2. The van der Waals surface area contributed by atoms with Crippen molar-refractivity contribution in [3.05, 3.63) is 58.9 Å². The molecular formula is C14H16N2O. The van der Waals surface area contributed by atoms with Gasteiger partial charge < -0.3 is 9.88 Å². The maximum absolute atomic E-state index is 11.9. The number of benzene rings is 1. The fourth-order valence-electron chi connectivity index (χ4n) is 1.94. The second-order valence-electron chi connectivity index (χ2n) is 4.10. The minimum absolute atomic E-state index is 0.0148. The van der Waals surface area contributed by atoms with Crippen molar-refractivity contribution in [1.82, 2.24) is 9.88 Å². The highest BCUT2D eigenvalue weighted by Crippen LogP contribution is 2.11. The molecule has 0 saturated heterocycles. The van der Waals surface area contributed by atoms with E-state index >= 15 is 0 Å². The molecule has 1 heterocycles. The van der Waals surface area contributed by atoms with Gasteiger partial charge in [-0.25, -0.2) is 0 Å². The Balaban J connectivity index is 2.48. The Bertz CT molecular complexity index is 598. The Labute approximate surface area is 100 Å². The monoisotopic (exact) mass is 228 g/mol. The normalized spacial score (nSPS) is 10.6. The van der Waals surface area contributed by atoms with Crippen LogP contribution in [0.4, 0.5) is 0 Å². The van der Waals surface area contributed by atoms with Gasteiger partial charge in [0.15, 0.2) is 0 Å². The Morgan fingerprint density at radius 3 is 2.82 bits per heavy atom. The molecule has 0 amide bonds. The van der Waals surface area contributed by atoms with E-state index in [1.165, 1.54) is 0 Å². The van der Waals surface area contributed by atoms with Crippen LogP contribution in [-0.2, 0) is 6.54 Å². The van der Waals surface area contributed by atoms with Gasteiger partial charge in [-0.3, -0.25) is 4.79 Å². The van der Waals surface area contributed by atoms with Gasteiger partial charge in [0.25, 0.3) is 5.56 Å². The number of aromatic nitrogens is 1. The summed E-state index contributed by atoms with van der Waals surface area (Å²) >= 11 is 0. The number of nitrogens with one attached hydrogen (secondary N) is 1. The first-order valence-corrected chi connectivity index (χ1v) is 5.62. The van der Waals surface area contributed by atoms with Crippen LogP contribution in [0.1, 0.15) is 0 Å². The van der Waals surface area contributed by atoms with Gasteiger partial charge in [0.1, 0.15) is 0 Å². The van der Waals surface area contributed by atoms with Crippen LogP contribution >= 0.6 is 0 Å². The van der Waals surface area contributed by atoms with Crippen LogP contribution in [0.25, 0.3) is 10.9 Å². The van der Waals surface area contributed by atoms with Crippen molar-refractivity contribution in [2.45, 2.75) is 6.54 Å². The van der Waals surface area contributed by atoms with Crippen LogP contribution in [0, 0.1) is 0 Å². The SMILES string of the molecule is C=C(CNC)Cn1c(=O)ccc2ccccc21. The summed E-state index contributed by atoms with van der Waals surface area (Å²) in [5.41, 5.74) is 1.96. The summed E-state index contributed by atoms with van der Waals surface area (Å²) in [5.74, 6) is 0. The fourth-order valence-corrected chi connectivity index (χ4v) is 1.94. The summed E-state index contributed by atoms with van der Waals surface area (Å²) in [4.78, 5) is 11.9. The Morgan fingerprint density at radius 2 is 2.06 bits per heavy atom.